The highest BCUT2D eigenvalue weighted by atomic mass is 31.2. The molecule has 0 aliphatic carbocycles. The van der Waals surface area contributed by atoms with Gasteiger partial charge in [-0.05, 0) is 19.3 Å². The third-order valence-electron chi connectivity index (χ3n) is 8.58. The Kier molecular flexibility index (Phi) is 34.3. The number of allylic oxidation sites excluding steroid dienone is 3. The topological polar surface area (TPSA) is 119 Å². The lowest BCUT2D eigenvalue weighted by atomic mass is 10.0. The van der Waals surface area contributed by atoms with Crippen molar-refractivity contribution in [3.63, 3.8) is 0 Å². The van der Waals surface area contributed by atoms with E-state index in [2.05, 4.69) is 18.4 Å². The number of carbonyl (C=O) groups excluding carboxylic acids is 2. The fraction of sp³-hybridized carbons (Fsp3) is 0.846. The molecule has 0 aliphatic heterocycles. The Morgan fingerprint density at radius 1 is 0.583 bits per heavy atom. The Balaban J connectivity index is 4.02. The first-order valence-corrected chi connectivity index (χ1v) is 21.2. The Morgan fingerprint density at radius 3 is 1.44 bits per heavy atom. The number of carbonyl (C=O) groups is 2. The van der Waals surface area contributed by atoms with E-state index in [1.165, 1.54) is 141 Å². The first-order chi connectivity index (χ1) is 23.3. The number of phosphoric acid groups is 1. The lowest BCUT2D eigenvalue weighted by Gasteiger charge is -2.18. The van der Waals surface area contributed by atoms with Gasteiger partial charge in [0.2, 0.25) is 0 Å². The molecule has 0 radical (unpaired) electrons. The average Bonchev–Trinajstić information content (AvgIpc) is 3.05. The van der Waals surface area contributed by atoms with E-state index >= 15 is 0 Å². The van der Waals surface area contributed by atoms with Crippen LogP contribution in [0.3, 0.4) is 0 Å². The summed E-state index contributed by atoms with van der Waals surface area (Å²) < 4.78 is 26.2. The molecular formula is C39H73O8P. The molecule has 0 spiro atoms. The number of rotatable bonds is 36. The van der Waals surface area contributed by atoms with Crippen molar-refractivity contribution in [1.29, 1.82) is 0 Å². The molecule has 0 aromatic rings. The smallest absolute Gasteiger partial charge is 0.458 e. The van der Waals surface area contributed by atoms with Gasteiger partial charge in [-0.25, -0.2) is 9.36 Å². The number of ether oxygens (including phenoxy) is 2. The second-order valence-corrected chi connectivity index (χ2v) is 14.6. The maximum atomic E-state index is 12.3. The van der Waals surface area contributed by atoms with Gasteiger partial charge in [-0.1, -0.05) is 186 Å². The molecule has 0 heterocycles. The normalized spacial score (nSPS) is 12.7. The molecule has 2 N–H and O–H groups in total. The van der Waals surface area contributed by atoms with Gasteiger partial charge in [0.1, 0.15) is 6.61 Å². The predicted octanol–water partition coefficient (Wildman–Crippen LogP) is 11.6. The summed E-state index contributed by atoms with van der Waals surface area (Å²) >= 11 is 0. The van der Waals surface area contributed by atoms with Crippen LogP contribution < -0.4 is 0 Å². The maximum Gasteiger partial charge on any atom is 0.469 e. The van der Waals surface area contributed by atoms with Crippen molar-refractivity contribution in [3.8, 4) is 0 Å². The van der Waals surface area contributed by atoms with Crippen molar-refractivity contribution < 1.29 is 37.9 Å². The molecule has 8 nitrogen and oxygen atoms in total. The Morgan fingerprint density at radius 2 is 1.00 bits per heavy atom. The number of phosphoric ester groups is 1. The van der Waals surface area contributed by atoms with E-state index in [1.807, 2.05) is 12.2 Å². The fourth-order valence-electron chi connectivity index (χ4n) is 5.64. The van der Waals surface area contributed by atoms with Crippen molar-refractivity contribution in [3.05, 3.63) is 24.3 Å². The summed E-state index contributed by atoms with van der Waals surface area (Å²) in [4.78, 5) is 42.6. The Labute approximate surface area is 294 Å². The lowest BCUT2D eigenvalue weighted by Crippen LogP contribution is -2.29. The molecule has 0 unspecified atom stereocenters. The third-order valence-corrected chi connectivity index (χ3v) is 9.06. The molecule has 9 heteroatoms. The van der Waals surface area contributed by atoms with Crippen LogP contribution in [0.25, 0.3) is 0 Å². The van der Waals surface area contributed by atoms with E-state index in [-0.39, 0.29) is 13.0 Å². The minimum Gasteiger partial charge on any atom is -0.458 e. The van der Waals surface area contributed by atoms with Crippen molar-refractivity contribution in [2.24, 2.45) is 0 Å². The SMILES string of the molecule is CCCCCCCCCCCCC/C=C/C=C/C(=O)OC[C@H](COP(=O)(O)O)OC(=O)CCCCCCCCCCCCCCCCC. The number of hydrogen-bond donors (Lipinski definition) is 2. The van der Waals surface area contributed by atoms with Crippen LogP contribution in [-0.4, -0.2) is 41.0 Å². The average molecular weight is 701 g/mol. The zero-order valence-corrected chi connectivity index (χ0v) is 31.8. The zero-order chi connectivity index (χ0) is 35.4. The second-order valence-electron chi connectivity index (χ2n) is 13.3. The summed E-state index contributed by atoms with van der Waals surface area (Å²) in [6.07, 6.45) is 39.6. The molecule has 48 heavy (non-hydrogen) atoms. The molecule has 0 aromatic carbocycles. The van der Waals surface area contributed by atoms with Gasteiger partial charge in [0.25, 0.3) is 0 Å². The van der Waals surface area contributed by atoms with Crippen molar-refractivity contribution >= 4 is 19.8 Å². The molecule has 0 saturated carbocycles. The van der Waals surface area contributed by atoms with Gasteiger partial charge >= 0.3 is 19.8 Å². The van der Waals surface area contributed by atoms with Crippen LogP contribution in [0.1, 0.15) is 194 Å². The standard InChI is InChI=1S/C39H73O8P/c1-3-5-7-9-11-13-15-17-19-21-23-25-27-29-31-33-38(40)45-35-37(36-46-48(42,43)44)47-39(41)34-32-30-28-26-24-22-20-18-16-14-12-10-8-6-4-2/h27,29,31,33,37H,3-26,28,30,32,34-36H2,1-2H3,(H2,42,43,44)/b29-27+,33-31+/t37-/m1/s1. The third kappa shape index (κ3) is 37.4. The van der Waals surface area contributed by atoms with E-state index in [1.54, 1.807) is 6.08 Å². The highest BCUT2D eigenvalue weighted by molar-refractivity contribution is 7.46. The molecular weight excluding hydrogens is 627 g/mol. The molecule has 0 aliphatic rings. The van der Waals surface area contributed by atoms with Gasteiger partial charge in [0.15, 0.2) is 6.10 Å². The monoisotopic (exact) mass is 701 g/mol. The predicted molar refractivity (Wildman–Crippen MR) is 198 cm³/mol. The van der Waals surface area contributed by atoms with Gasteiger partial charge in [-0.15, -0.1) is 0 Å². The van der Waals surface area contributed by atoms with Gasteiger partial charge < -0.3 is 19.3 Å². The summed E-state index contributed by atoms with van der Waals surface area (Å²) in [6, 6.07) is 0. The van der Waals surface area contributed by atoms with E-state index in [4.69, 9.17) is 19.3 Å². The van der Waals surface area contributed by atoms with E-state index in [9.17, 15) is 14.2 Å². The van der Waals surface area contributed by atoms with Crippen LogP contribution in [-0.2, 0) is 28.2 Å². The van der Waals surface area contributed by atoms with E-state index in [0.29, 0.717) is 6.42 Å². The van der Waals surface area contributed by atoms with Crippen LogP contribution in [0.4, 0.5) is 0 Å². The Hall–Kier alpha value is -1.47. The second kappa shape index (κ2) is 35.4. The van der Waals surface area contributed by atoms with Crippen molar-refractivity contribution in [2.45, 2.75) is 200 Å². The number of unbranched alkanes of at least 4 members (excludes halogenated alkanes) is 25. The summed E-state index contributed by atoms with van der Waals surface area (Å²) in [5.74, 6) is -1.13. The summed E-state index contributed by atoms with van der Waals surface area (Å²) in [7, 11) is -4.77. The van der Waals surface area contributed by atoms with Crippen LogP contribution in [0.2, 0.25) is 0 Å². The highest BCUT2D eigenvalue weighted by Crippen LogP contribution is 2.36. The molecule has 0 amide bonds. The molecule has 0 aromatic heterocycles. The minimum atomic E-state index is -4.77. The molecule has 0 saturated heterocycles. The van der Waals surface area contributed by atoms with Gasteiger partial charge in [0, 0.05) is 12.5 Å². The molecule has 282 valence electrons. The largest absolute Gasteiger partial charge is 0.469 e. The van der Waals surface area contributed by atoms with Crippen LogP contribution >= 0.6 is 7.82 Å². The van der Waals surface area contributed by atoms with Crippen LogP contribution in [0.5, 0.6) is 0 Å². The Bertz CT molecular complexity index is 838. The van der Waals surface area contributed by atoms with Crippen LogP contribution in [0, 0.1) is 0 Å². The molecule has 1 atom stereocenters. The lowest BCUT2D eigenvalue weighted by molar-refractivity contribution is -0.159. The first-order valence-electron chi connectivity index (χ1n) is 19.7. The highest BCUT2D eigenvalue weighted by Gasteiger charge is 2.22. The quantitative estimate of drug-likeness (QED) is 0.0218. The summed E-state index contributed by atoms with van der Waals surface area (Å²) in [6.45, 7) is 3.58. The summed E-state index contributed by atoms with van der Waals surface area (Å²) in [5, 5.41) is 0. The van der Waals surface area contributed by atoms with E-state index in [0.717, 1.165) is 32.1 Å². The molecule has 0 bridgehead atoms. The molecule has 0 fully saturated rings. The van der Waals surface area contributed by atoms with Gasteiger partial charge in [0.05, 0.1) is 6.61 Å². The minimum absolute atomic E-state index is 0.197. The molecule has 0 rings (SSSR count). The van der Waals surface area contributed by atoms with E-state index < -0.39 is 32.5 Å². The van der Waals surface area contributed by atoms with Gasteiger partial charge in [-0.2, -0.15) is 0 Å². The number of hydrogen-bond acceptors (Lipinski definition) is 6. The first kappa shape index (κ1) is 46.5. The van der Waals surface area contributed by atoms with Crippen molar-refractivity contribution in [2.75, 3.05) is 13.2 Å². The van der Waals surface area contributed by atoms with Crippen molar-refractivity contribution in [1.82, 2.24) is 0 Å². The zero-order valence-electron chi connectivity index (χ0n) is 30.9. The van der Waals surface area contributed by atoms with Gasteiger partial charge in [-0.3, -0.25) is 9.32 Å². The number of esters is 2. The van der Waals surface area contributed by atoms with Crippen LogP contribution in [0.15, 0.2) is 24.3 Å². The maximum absolute atomic E-state index is 12.3. The fourth-order valence-corrected chi connectivity index (χ4v) is 6.00. The summed E-state index contributed by atoms with van der Waals surface area (Å²) in [5.41, 5.74) is 0.